The summed E-state index contributed by atoms with van der Waals surface area (Å²) in [6, 6.07) is 2.32. The van der Waals surface area contributed by atoms with Gasteiger partial charge in [0, 0.05) is 9.09 Å². The molecular weight excluding hydrogens is 196 g/mol. The fraction of sp³-hybridized carbons (Fsp3) is 0.455. The van der Waals surface area contributed by atoms with E-state index in [1.165, 1.54) is 19.6 Å². The highest BCUT2D eigenvalue weighted by atomic mass is 32.3. The Morgan fingerprint density at radius 2 is 1.92 bits per heavy atom. The predicted molar refractivity (Wildman–Crippen MR) is 66.3 cm³/mol. The average Bonchev–Trinajstić information content (AvgIpc) is 2.32. The van der Waals surface area contributed by atoms with Gasteiger partial charge in [-0.2, -0.15) is 10.0 Å². The highest BCUT2D eigenvalue weighted by molar-refractivity contribution is 8.36. The second-order valence-corrected chi connectivity index (χ2v) is 9.14. The Hall–Kier alpha value is -0.210. The molecule has 0 spiro atoms. The molecule has 1 rings (SSSR count). The van der Waals surface area contributed by atoms with E-state index in [1.54, 1.807) is 0 Å². The highest BCUT2D eigenvalue weighted by Crippen LogP contribution is 2.58. The van der Waals surface area contributed by atoms with Crippen LogP contribution in [0.3, 0.4) is 0 Å². The van der Waals surface area contributed by atoms with Crippen LogP contribution in [0, 0.1) is 13.8 Å². The van der Waals surface area contributed by atoms with Crippen molar-refractivity contribution in [3.05, 3.63) is 28.0 Å². The third kappa shape index (κ3) is 2.00. The molecular formula is C11H18S2. The molecule has 74 valence electrons. The highest BCUT2D eigenvalue weighted by Gasteiger charge is 2.18. The standard InChI is InChI=1S/C11H18S2/c1-8(2)13(5,6)11-7-9(3)10(4)12-11/h7H,1H2,2-6H3. The van der Waals surface area contributed by atoms with Gasteiger partial charge in [-0.3, -0.25) is 0 Å². The summed E-state index contributed by atoms with van der Waals surface area (Å²) in [4.78, 5) is 2.76. The van der Waals surface area contributed by atoms with Gasteiger partial charge in [-0.1, -0.05) is 6.58 Å². The average molecular weight is 214 g/mol. The van der Waals surface area contributed by atoms with Gasteiger partial charge < -0.3 is 0 Å². The lowest BCUT2D eigenvalue weighted by Gasteiger charge is -2.30. The fourth-order valence-corrected chi connectivity index (χ4v) is 4.17. The van der Waals surface area contributed by atoms with Gasteiger partial charge in [0.15, 0.2) is 0 Å². The maximum Gasteiger partial charge on any atom is 0.0466 e. The minimum absolute atomic E-state index is 0.754. The summed E-state index contributed by atoms with van der Waals surface area (Å²) in [5, 5.41) is 0. The minimum Gasteiger partial charge on any atom is -0.189 e. The van der Waals surface area contributed by atoms with Crippen molar-refractivity contribution < 1.29 is 0 Å². The van der Waals surface area contributed by atoms with Crippen molar-refractivity contribution in [2.45, 2.75) is 25.0 Å². The molecule has 0 amide bonds. The second kappa shape index (κ2) is 3.50. The van der Waals surface area contributed by atoms with Crippen molar-refractivity contribution in [3.63, 3.8) is 0 Å². The molecule has 2 heteroatoms. The Morgan fingerprint density at radius 3 is 2.23 bits per heavy atom. The quantitative estimate of drug-likeness (QED) is 0.687. The summed E-state index contributed by atoms with van der Waals surface area (Å²) in [5.41, 5.74) is 1.42. The maximum absolute atomic E-state index is 4.09. The first-order valence-electron chi connectivity index (χ1n) is 4.31. The predicted octanol–water partition coefficient (Wildman–Crippen LogP) is 4.32. The zero-order valence-electron chi connectivity index (χ0n) is 9.10. The fourth-order valence-electron chi connectivity index (χ4n) is 0.962. The van der Waals surface area contributed by atoms with Gasteiger partial charge in [0.25, 0.3) is 0 Å². The smallest absolute Gasteiger partial charge is 0.0466 e. The Morgan fingerprint density at radius 1 is 1.38 bits per heavy atom. The lowest BCUT2D eigenvalue weighted by atomic mass is 10.3. The molecule has 0 aliphatic rings. The van der Waals surface area contributed by atoms with Crippen LogP contribution in [-0.4, -0.2) is 12.5 Å². The van der Waals surface area contributed by atoms with Gasteiger partial charge in [-0.25, -0.2) is 0 Å². The molecule has 0 saturated heterocycles. The summed E-state index contributed by atoms with van der Waals surface area (Å²) >= 11 is 1.93. The van der Waals surface area contributed by atoms with E-state index in [2.05, 4.69) is 45.9 Å². The molecule has 13 heavy (non-hydrogen) atoms. The molecule has 0 nitrogen and oxygen atoms in total. The van der Waals surface area contributed by atoms with Crippen LogP contribution >= 0.6 is 21.4 Å². The first-order chi connectivity index (χ1) is 5.85. The molecule has 1 aromatic rings. The molecule has 0 N–H and O–H groups in total. The summed E-state index contributed by atoms with van der Waals surface area (Å²) in [6.07, 6.45) is 4.64. The van der Waals surface area contributed by atoms with E-state index in [0.717, 1.165) is 0 Å². The lowest BCUT2D eigenvalue weighted by Crippen LogP contribution is -1.93. The molecule has 0 aliphatic carbocycles. The van der Waals surface area contributed by atoms with E-state index < -0.39 is 10.0 Å². The van der Waals surface area contributed by atoms with Crippen LogP contribution in [0.15, 0.2) is 21.8 Å². The van der Waals surface area contributed by atoms with Crippen molar-refractivity contribution in [3.8, 4) is 0 Å². The van der Waals surface area contributed by atoms with Crippen LogP contribution in [0.4, 0.5) is 0 Å². The molecule has 1 aromatic heterocycles. The monoisotopic (exact) mass is 214 g/mol. The third-order valence-corrected chi connectivity index (χ3v) is 7.83. The van der Waals surface area contributed by atoms with Gasteiger partial charge in [0.1, 0.15) is 0 Å². The third-order valence-electron chi connectivity index (χ3n) is 2.52. The Balaban J connectivity index is 3.15. The van der Waals surface area contributed by atoms with Crippen LogP contribution < -0.4 is 0 Å². The Kier molecular flexibility index (Phi) is 2.93. The van der Waals surface area contributed by atoms with Crippen molar-refractivity contribution >= 4 is 21.4 Å². The van der Waals surface area contributed by atoms with Crippen LogP contribution in [0.5, 0.6) is 0 Å². The molecule has 0 aromatic carbocycles. The lowest BCUT2D eigenvalue weighted by molar-refractivity contribution is 1.42. The van der Waals surface area contributed by atoms with Crippen LogP contribution in [0.1, 0.15) is 17.4 Å². The molecule has 0 unspecified atom stereocenters. The number of rotatable bonds is 2. The van der Waals surface area contributed by atoms with Gasteiger partial charge in [-0.15, -0.1) is 11.3 Å². The normalized spacial score (nSPS) is 13.0. The van der Waals surface area contributed by atoms with Crippen molar-refractivity contribution in [1.29, 1.82) is 0 Å². The van der Waals surface area contributed by atoms with E-state index in [0.29, 0.717) is 0 Å². The number of aryl methyl sites for hydroxylation is 2. The van der Waals surface area contributed by atoms with E-state index in [-0.39, 0.29) is 0 Å². The van der Waals surface area contributed by atoms with E-state index in [1.807, 2.05) is 11.3 Å². The van der Waals surface area contributed by atoms with Gasteiger partial charge >= 0.3 is 0 Å². The molecule has 1 heterocycles. The summed E-state index contributed by atoms with van der Waals surface area (Å²) in [7, 11) is -0.754. The van der Waals surface area contributed by atoms with E-state index >= 15 is 0 Å². The topological polar surface area (TPSA) is 0 Å². The van der Waals surface area contributed by atoms with Gasteiger partial charge in [-0.05, 0) is 49.8 Å². The zero-order chi connectivity index (χ0) is 10.2. The minimum atomic E-state index is -0.754. The largest absolute Gasteiger partial charge is 0.189 e. The number of allylic oxidation sites excluding steroid dienone is 1. The van der Waals surface area contributed by atoms with E-state index in [9.17, 15) is 0 Å². The first-order valence-corrected chi connectivity index (χ1v) is 7.58. The summed E-state index contributed by atoms with van der Waals surface area (Å²) < 4.78 is 1.51. The Labute approximate surface area is 87.0 Å². The van der Waals surface area contributed by atoms with Crippen LogP contribution in [0.2, 0.25) is 0 Å². The van der Waals surface area contributed by atoms with Gasteiger partial charge in [0.05, 0.1) is 0 Å². The zero-order valence-corrected chi connectivity index (χ0v) is 10.7. The molecule has 0 atom stereocenters. The number of hydrogen-bond donors (Lipinski definition) is 0. The Bertz CT molecular complexity index is 312. The van der Waals surface area contributed by atoms with Gasteiger partial charge in [0.2, 0.25) is 0 Å². The number of thiophene rings is 1. The van der Waals surface area contributed by atoms with Crippen LogP contribution in [-0.2, 0) is 0 Å². The maximum atomic E-state index is 4.09. The molecule has 0 radical (unpaired) electrons. The van der Waals surface area contributed by atoms with Crippen molar-refractivity contribution in [2.75, 3.05) is 12.5 Å². The SMILES string of the molecule is C=C(C)S(C)(C)c1cc(C)c(C)s1. The molecule has 0 fully saturated rings. The summed E-state index contributed by atoms with van der Waals surface area (Å²) in [5.74, 6) is 0. The van der Waals surface area contributed by atoms with E-state index in [4.69, 9.17) is 0 Å². The molecule has 0 aliphatic heterocycles. The van der Waals surface area contributed by atoms with Crippen molar-refractivity contribution in [2.24, 2.45) is 0 Å². The second-order valence-electron chi connectivity index (χ2n) is 3.83. The molecule has 0 saturated carbocycles. The molecule has 0 bridgehead atoms. The summed E-state index contributed by atoms with van der Waals surface area (Å²) in [6.45, 7) is 10.6. The van der Waals surface area contributed by atoms with Crippen molar-refractivity contribution in [1.82, 2.24) is 0 Å². The first kappa shape index (κ1) is 10.9. The number of hydrogen-bond acceptors (Lipinski definition) is 1. The van der Waals surface area contributed by atoms with Crippen LogP contribution in [0.25, 0.3) is 0 Å².